The maximum atomic E-state index is 16.1. The average molecular weight is 823 g/mol. The van der Waals surface area contributed by atoms with E-state index in [4.69, 9.17) is 35.3 Å². The molecule has 2 aromatic heterocycles. The number of H-pyrrole nitrogens is 1. The summed E-state index contributed by atoms with van der Waals surface area (Å²) in [4.78, 5) is 45.2. The zero-order valence-corrected chi connectivity index (χ0v) is 30.7. The number of nitrogens with zero attached hydrogens (tertiary/aromatic N) is 3. The number of carboxylic acids is 2. The van der Waals surface area contributed by atoms with E-state index in [1.165, 1.54) is 0 Å². The second kappa shape index (κ2) is 18.7. The molecule has 310 valence electrons. The number of pyridine rings is 1. The number of halogens is 7. The average Bonchev–Trinajstić information content (AvgIpc) is 3.84. The lowest BCUT2D eigenvalue weighted by Gasteiger charge is -2.22. The third kappa shape index (κ3) is 11.1. The second-order valence-electron chi connectivity index (χ2n) is 12.5. The number of rotatable bonds is 9. The van der Waals surface area contributed by atoms with Crippen molar-refractivity contribution < 1.29 is 65.2 Å². The summed E-state index contributed by atoms with van der Waals surface area (Å²) >= 11 is 0. The summed E-state index contributed by atoms with van der Waals surface area (Å²) in [5, 5.41) is 29.4. The highest BCUT2D eigenvalue weighted by Gasteiger charge is 2.39. The van der Waals surface area contributed by atoms with E-state index in [2.05, 4.69) is 15.3 Å². The van der Waals surface area contributed by atoms with Crippen LogP contribution in [-0.4, -0.2) is 91.2 Å². The molecule has 3 heterocycles. The fourth-order valence-electron chi connectivity index (χ4n) is 5.72. The largest absolute Gasteiger partial charge is 0.491 e. The minimum absolute atomic E-state index is 0.163. The standard InChI is InChI=1S/C34H35FN6O3.2C2HF3O2/c1-3-20-15-27(30(35)29(16-20)44-4-2)31(39-22-9-10-24-21(17-22)11-13-37-32(24)36)33-38-18-28(40-33)25-7-5-6-8-26(25)34(43)41-14-12-23(42)19-41;2*3-2(4,5)1(6)7/h5-11,13,15-18,23,31,39,42H,3-4,12,14,19H2,1-2H3,(H2,36,37)(H,38,40);2*(H,6,7)/t23-,31?;;/m0../s1. The number of nitrogen functional groups attached to an aromatic ring is 1. The van der Waals surface area contributed by atoms with Crippen LogP contribution in [0.3, 0.4) is 0 Å². The van der Waals surface area contributed by atoms with E-state index in [9.17, 15) is 36.2 Å². The van der Waals surface area contributed by atoms with Gasteiger partial charge in [0, 0.05) is 53.2 Å². The molecule has 20 heteroatoms. The number of nitrogens with two attached hydrogens (primary N) is 1. The number of imidazole rings is 1. The first kappa shape index (κ1) is 44.3. The van der Waals surface area contributed by atoms with E-state index in [1.54, 1.807) is 29.4 Å². The number of alkyl halides is 6. The molecule has 5 aromatic rings. The number of aromatic nitrogens is 3. The third-order valence-electron chi connectivity index (χ3n) is 8.49. The quantitative estimate of drug-likeness (QED) is 0.0837. The summed E-state index contributed by atoms with van der Waals surface area (Å²) < 4.78 is 85.3. The highest BCUT2D eigenvalue weighted by molar-refractivity contribution is 6.00. The van der Waals surface area contributed by atoms with Gasteiger partial charge in [-0.25, -0.2) is 23.9 Å². The van der Waals surface area contributed by atoms with Gasteiger partial charge in [0.15, 0.2) is 11.6 Å². The number of fused-ring (bicyclic) bond motifs is 1. The van der Waals surface area contributed by atoms with Gasteiger partial charge in [-0.2, -0.15) is 26.3 Å². The highest BCUT2D eigenvalue weighted by Crippen LogP contribution is 2.35. The zero-order valence-electron chi connectivity index (χ0n) is 30.7. The minimum atomic E-state index is -5.08. The molecule has 1 aliphatic heterocycles. The number of amides is 1. The van der Waals surface area contributed by atoms with Crippen molar-refractivity contribution in [2.45, 2.75) is 51.2 Å². The van der Waals surface area contributed by atoms with Gasteiger partial charge in [-0.1, -0.05) is 31.2 Å². The van der Waals surface area contributed by atoms with E-state index in [1.807, 2.05) is 62.4 Å². The molecule has 6 rings (SSSR count). The number of likely N-dealkylation sites (tertiary alicyclic amines) is 1. The number of aryl methyl sites for hydroxylation is 1. The van der Waals surface area contributed by atoms with Gasteiger partial charge < -0.3 is 41.0 Å². The van der Waals surface area contributed by atoms with Crippen molar-refractivity contribution in [1.82, 2.24) is 19.9 Å². The van der Waals surface area contributed by atoms with Crippen LogP contribution in [0.25, 0.3) is 22.0 Å². The van der Waals surface area contributed by atoms with Gasteiger partial charge in [-0.3, -0.25) is 4.79 Å². The Morgan fingerprint density at radius 1 is 1.00 bits per heavy atom. The van der Waals surface area contributed by atoms with Crippen LogP contribution < -0.4 is 15.8 Å². The van der Waals surface area contributed by atoms with E-state index in [-0.39, 0.29) is 11.7 Å². The van der Waals surface area contributed by atoms with Crippen LogP contribution in [0.5, 0.6) is 5.75 Å². The molecule has 58 heavy (non-hydrogen) atoms. The molecule has 0 aliphatic carbocycles. The lowest BCUT2D eigenvalue weighted by molar-refractivity contribution is -0.193. The number of anilines is 2. The Morgan fingerprint density at radius 3 is 2.24 bits per heavy atom. The molecule has 0 bridgehead atoms. The SMILES string of the molecule is CCOc1cc(CC)cc(C(Nc2ccc3c(N)nccc3c2)c2nc(-c3ccccc3C(=O)N3CC[C@H](O)C3)c[nH]2)c1F.O=C(O)C(F)(F)F.O=C(O)C(F)(F)F. The Kier molecular flexibility index (Phi) is 14.3. The van der Waals surface area contributed by atoms with Crippen LogP contribution in [0.1, 0.15) is 53.6 Å². The van der Waals surface area contributed by atoms with Gasteiger partial charge >= 0.3 is 24.3 Å². The number of benzene rings is 3. The summed E-state index contributed by atoms with van der Waals surface area (Å²) in [5.41, 5.74) is 9.78. The van der Waals surface area contributed by atoms with E-state index in [0.717, 1.165) is 22.0 Å². The lowest BCUT2D eigenvalue weighted by Crippen LogP contribution is -2.29. The third-order valence-corrected chi connectivity index (χ3v) is 8.49. The Bertz CT molecular complexity index is 2220. The summed E-state index contributed by atoms with van der Waals surface area (Å²) in [6.07, 6.45) is -6.07. The first-order valence-electron chi connectivity index (χ1n) is 17.3. The second-order valence-corrected chi connectivity index (χ2v) is 12.5. The predicted molar refractivity (Wildman–Crippen MR) is 197 cm³/mol. The fraction of sp³-hybridized carbons (Fsp3) is 0.289. The van der Waals surface area contributed by atoms with Gasteiger partial charge in [0.1, 0.15) is 17.7 Å². The number of β-amino-alcohol motifs (C(OH)–C–C–N with tert-alkyl or cyclic N) is 1. The van der Waals surface area contributed by atoms with Crippen molar-refractivity contribution >= 4 is 40.1 Å². The van der Waals surface area contributed by atoms with Gasteiger partial charge in [0.05, 0.1) is 18.4 Å². The van der Waals surface area contributed by atoms with Crippen molar-refractivity contribution in [2.24, 2.45) is 0 Å². The Labute approximate surface area is 325 Å². The van der Waals surface area contributed by atoms with Gasteiger partial charge in [-0.05, 0) is 67.1 Å². The Hall–Kier alpha value is -6.44. The first-order chi connectivity index (χ1) is 27.2. The fourth-order valence-corrected chi connectivity index (χ4v) is 5.72. The Balaban J connectivity index is 0.000000456. The van der Waals surface area contributed by atoms with Crippen LogP contribution in [0.2, 0.25) is 0 Å². The number of nitrogens with one attached hydrogen (secondary N) is 2. The normalized spacial score (nSPS) is 14.4. The molecule has 1 amide bonds. The number of hydrogen-bond donors (Lipinski definition) is 6. The van der Waals surface area contributed by atoms with Crippen molar-refractivity contribution in [1.29, 1.82) is 0 Å². The smallest absolute Gasteiger partial charge is 0.490 e. The monoisotopic (exact) mass is 822 g/mol. The van der Waals surface area contributed by atoms with Gasteiger partial charge in [-0.15, -0.1) is 0 Å². The first-order valence-corrected chi connectivity index (χ1v) is 17.3. The van der Waals surface area contributed by atoms with Crippen LogP contribution >= 0.6 is 0 Å². The molecule has 2 atom stereocenters. The number of carbonyl (C=O) groups excluding carboxylic acids is 1. The molecule has 3 aromatic carbocycles. The van der Waals surface area contributed by atoms with Crippen molar-refractivity contribution in [3.05, 3.63) is 101 Å². The summed E-state index contributed by atoms with van der Waals surface area (Å²) in [6.45, 7) is 4.95. The minimum Gasteiger partial charge on any atom is -0.491 e. The molecule has 1 saturated heterocycles. The molecule has 0 spiro atoms. The van der Waals surface area contributed by atoms with E-state index in [0.29, 0.717) is 66.6 Å². The molecule has 1 aliphatic rings. The molecular weight excluding hydrogens is 785 g/mol. The van der Waals surface area contributed by atoms with Gasteiger partial charge in [0.2, 0.25) is 0 Å². The van der Waals surface area contributed by atoms with Gasteiger partial charge in [0.25, 0.3) is 5.91 Å². The molecule has 13 nitrogen and oxygen atoms in total. The van der Waals surface area contributed by atoms with E-state index >= 15 is 4.39 Å². The highest BCUT2D eigenvalue weighted by atomic mass is 19.4. The molecule has 7 N–H and O–H groups in total. The number of aliphatic hydroxyl groups is 1. The summed E-state index contributed by atoms with van der Waals surface area (Å²) in [6, 6.07) is 17.7. The molecule has 1 fully saturated rings. The van der Waals surface area contributed by atoms with Crippen molar-refractivity contribution in [2.75, 3.05) is 30.7 Å². The summed E-state index contributed by atoms with van der Waals surface area (Å²) in [5.74, 6) is -5.08. The molecular formula is C38H37F7N6O7. The molecule has 0 saturated carbocycles. The maximum absolute atomic E-state index is 16.1. The maximum Gasteiger partial charge on any atom is 0.490 e. The number of aromatic amines is 1. The van der Waals surface area contributed by atoms with Crippen LogP contribution in [0.15, 0.2) is 73.1 Å². The number of aliphatic carboxylic acids is 2. The topological polar surface area (TPSA) is 204 Å². The number of carboxylic acid groups (broad SMARTS) is 2. The van der Waals surface area contributed by atoms with Crippen LogP contribution in [0, 0.1) is 5.82 Å². The van der Waals surface area contributed by atoms with Crippen molar-refractivity contribution in [3.63, 3.8) is 0 Å². The number of hydrogen-bond acceptors (Lipinski definition) is 9. The zero-order chi connectivity index (χ0) is 42.9. The summed E-state index contributed by atoms with van der Waals surface area (Å²) in [7, 11) is 0. The van der Waals surface area contributed by atoms with E-state index < -0.39 is 42.3 Å². The number of carbonyl (C=O) groups is 3. The van der Waals surface area contributed by atoms with Crippen molar-refractivity contribution in [3.8, 4) is 17.0 Å². The van der Waals surface area contributed by atoms with Crippen LogP contribution in [-0.2, 0) is 16.0 Å². The molecule has 1 unspecified atom stereocenters. The number of aliphatic hydroxyl groups excluding tert-OH is 1. The Morgan fingerprint density at radius 2 is 1.66 bits per heavy atom. The lowest BCUT2D eigenvalue weighted by atomic mass is 9.99. The predicted octanol–water partition coefficient (Wildman–Crippen LogP) is 6.98. The van der Waals surface area contributed by atoms with Crippen LogP contribution in [0.4, 0.5) is 42.2 Å². The molecule has 0 radical (unpaired) electrons. The number of ether oxygens (including phenoxy) is 1.